The van der Waals surface area contributed by atoms with Crippen LogP contribution in [-0.2, 0) is 21.4 Å². The van der Waals surface area contributed by atoms with Crippen LogP contribution in [0.2, 0.25) is 0 Å². The molecule has 2 aromatic carbocycles. The van der Waals surface area contributed by atoms with Crippen molar-refractivity contribution in [2.75, 3.05) is 20.2 Å². The molecule has 1 N–H and O–H groups in total. The Balaban J connectivity index is 1.48. The monoisotopic (exact) mass is 455 g/mol. The lowest BCUT2D eigenvalue weighted by molar-refractivity contribution is -0.123. The van der Waals surface area contributed by atoms with Gasteiger partial charge in [0.25, 0.3) is 0 Å². The molecule has 0 spiro atoms. The Labute approximate surface area is 189 Å². The molecule has 1 atom stereocenters. The van der Waals surface area contributed by atoms with Gasteiger partial charge in [-0.05, 0) is 61.7 Å². The summed E-state index contributed by atoms with van der Waals surface area (Å²) in [5, 5.41) is 3.77. The van der Waals surface area contributed by atoms with E-state index < -0.39 is 16.1 Å². The molecule has 3 aromatic rings. The molecule has 0 bridgehead atoms. The van der Waals surface area contributed by atoms with E-state index in [1.165, 1.54) is 0 Å². The van der Waals surface area contributed by atoms with Crippen LogP contribution in [0.15, 0.2) is 59.6 Å². The first kappa shape index (κ1) is 22.4. The van der Waals surface area contributed by atoms with Crippen LogP contribution in [0.4, 0.5) is 0 Å². The lowest BCUT2D eigenvalue weighted by Gasteiger charge is -2.26. The maximum atomic E-state index is 13.0. The average Bonchev–Trinajstić information content (AvgIpc) is 3.26. The van der Waals surface area contributed by atoms with Gasteiger partial charge in [-0.1, -0.05) is 18.6 Å². The molecule has 0 aliphatic carbocycles. The van der Waals surface area contributed by atoms with E-state index in [4.69, 9.17) is 4.74 Å². The van der Waals surface area contributed by atoms with Gasteiger partial charge in [0.1, 0.15) is 11.8 Å². The molecule has 32 heavy (non-hydrogen) atoms. The smallest absolute Gasteiger partial charge is 0.243 e. The SMILES string of the molecule is COc1ccc(CNC(=O)C(C)n2ccc3cc(S(=O)(=O)N4CCCCC4)ccc32)cc1. The molecule has 170 valence electrons. The topological polar surface area (TPSA) is 80.6 Å². The van der Waals surface area contributed by atoms with Crippen molar-refractivity contribution in [3.63, 3.8) is 0 Å². The molecule has 4 rings (SSSR count). The Morgan fingerprint density at radius 2 is 1.78 bits per heavy atom. The number of carbonyl (C=O) groups is 1. The number of ether oxygens (including phenoxy) is 1. The fourth-order valence-electron chi connectivity index (χ4n) is 4.10. The molecular formula is C24H29N3O4S. The quantitative estimate of drug-likeness (QED) is 0.589. The van der Waals surface area contributed by atoms with Gasteiger partial charge >= 0.3 is 0 Å². The van der Waals surface area contributed by atoms with Gasteiger partial charge in [0.2, 0.25) is 15.9 Å². The number of hydrogen-bond acceptors (Lipinski definition) is 4. The molecule has 1 amide bonds. The van der Waals surface area contributed by atoms with Crippen LogP contribution < -0.4 is 10.1 Å². The van der Waals surface area contributed by atoms with E-state index in [9.17, 15) is 13.2 Å². The van der Waals surface area contributed by atoms with Crippen molar-refractivity contribution in [2.24, 2.45) is 0 Å². The van der Waals surface area contributed by atoms with Gasteiger partial charge in [-0.3, -0.25) is 4.79 Å². The normalized spacial score (nSPS) is 16.1. The van der Waals surface area contributed by atoms with Gasteiger partial charge in [0.15, 0.2) is 0 Å². The van der Waals surface area contributed by atoms with Crippen molar-refractivity contribution in [1.82, 2.24) is 14.2 Å². The molecule has 0 saturated carbocycles. The molecule has 1 unspecified atom stereocenters. The number of rotatable bonds is 7. The highest BCUT2D eigenvalue weighted by Gasteiger charge is 2.26. The van der Waals surface area contributed by atoms with Crippen molar-refractivity contribution in [3.05, 3.63) is 60.3 Å². The molecule has 1 fully saturated rings. The molecule has 1 aliphatic rings. The van der Waals surface area contributed by atoms with Gasteiger partial charge in [-0.2, -0.15) is 4.31 Å². The number of fused-ring (bicyclic) bond motifs is 1. The van der Waals surface area contributed by atoms with E-state index >= 15 is 0 Å². The lowest BCUT2D eigenvalue weighted by atomic mass is 10.2. The van der Waals surface area contributed by atoms with Crippen molar-refractivity contribution >= 4 is 26.8 Å². The van der Waals surface area contributed by atoms with Gasteiger partial charge < -0.3 is 14.6 Å². The Hall–Kier alpha value is -2.84. The minimum absolute atomic E-state index is 0.108. The number of benzene rings is 2. The Morgan fingerprint density at radius 3 is 2.47 bits per heavy atom. The second kappa shape index (κ2) is 9.34. The summed E-state index contributed by atoms with van der Waals surface area (Å²) in [5.41, 5.74) is 1.81. The van der Waals surface area contributed by atoms with E-state index in [0.29, 0.717) is 24.5 Å². The minimum Gasteiger partial charge on any atom is -0.497 e. The molecule has 1 aromatic heterocycles. The number of hydrogen-bond donors (Lipinski definition) is 1. The van der Waals surface area contributed by atoms with Crippen LogP contribution in [0.1, 0.15) is 37.8 Å². The number of nitrogens with zero attached hydrogens (tertiary/aromatic N) is 2. The van der Waals surface area contributed by atoms with E-state index in [-0.39, 0.29) is 5.91 Å². The molecule has 2 heterocycles. The number of methoxy groups -OCH3 is 1. The van der Waals surface area contributed by atoms with E-state index in [0.717, 1.165) is 41.5 Å². The average molecular weight is 456 g/mol. The molecule has 0 radical (unpaired) electrons. The zero-order valence-corrected chi connectivity index (χ0v) is 19.3. The fraction of sp³-hybridized carbons (Fsp3) is 0.375. The summed E-state index contributed by atoms with van der Waals surface area (Å²) in [6.07, 6.45) is 4.72. The number of aromatic nitrogens is 1. The van der Waals surface area contributed by atoms with Crippen molar-refractivity contribution in [3.8, 4) is 5.75 Å². The maximum Gasteiger partial charge on any atom is 0.243 e. The molecular weight excluding hydrogens is 426 g/mol. The highest BCUT2D eigenvalue weighted by Crippen LogP contribution is 2.26. The molecule has 1 aliphatic heterocycles. The Kier molecular flexibility index (Phi) is 6.53. The first-order valence-electron chi connectivity index (χ1n) is 10.9. The lowest BCUT2D eigenvalue weighted by Crippen LogP contribution is -2.35. The summed E-state index contributed by atoms with van der Waals surface area (Å²) in [4.78, 5) is 13.1. The minimum atomic E-state index is -3.49. The van der Waals surface area contributed by atoms with E-state index in [1.807, 2.05) is 48.0 Å². The third-order valence-corrected chi connectivity index (χ3v) is 7.96. The summed E-state index contributed by atoms with van der Waals surface area (Å²) in [5.74, 6) is 0.664. The van der Waals surface area contributed by atoms with Crippen LogP contribution in [0.25, 0.3) is 10.9 Å². The zero-order chi connectivity index (χ0) is 22.7. The van der Waals surface area contributed by atoms with Crippen LogP contribution in [0.3, 0.4) is 0 Å². The third kappa shape index (κ3) is 4.52. The van der Waals surface area contributed by atoms with Crippen LogP contribution in [0.5, 0.6) is 5.75 Å². The summed E-state index contributed by atoms with van der Waals surface area (Å²) < 4.78 is 34.6. The predicted octanol–water partition coefficient (Wildman–Crippen LogP) is 3.70. The first-order valence-corrected chi connectivity index (χ1v) is 12.4. The first-order chi connectivity index (χ1) is 15.4. The van der Waals surface area contributed by atoms with Crippen LogP contribution >= 0.6 is 0 Å². The number of amides is 1. The highest BCUT2D eigenvalue weighted by atomic mass is 32.2. The van der Waals surface area contributed by atoms with Crippen molar-refractivity contribution in [1.29, 1.82) is 0 Å². The van der Waals surface area contributed by atoms with Crippen molar-refractivity contribution < 1.29 is 17.9 Å². The number of carbonyl (C=O) groups excluding carboxylic acids is 1. The van der Waals surface area contributed by atoms with Gasteiger partial charge in [0, 0.05) is 36.7 Å². The highest BCUT2D eigenvalue weighted by molar-refractivity contribution is 7.89. The Morgan fingerprint density at radius 1 is 1.06 bits per heavy atom. The Bertz CT molecular complexity index is 1200. The number of piperidine rings is 1. The summed E-state index contributed by atoms with van der Waals surface area (Å²) in [7, 11) is -1.87. The summed E-state index contributed by atoms with van der Waals surface area (Å²) in [6, 6.07) is 14.1. The van der Waals surface area contributed by atoms with E-state index in [1.54, 1.807) is 29.6 Å². The zero-order valence-electron chi connectivity index (χ0n) is 18.5. The second-order valence-corrected chi connectivity index (χ2v) is 10.1. The van der Waals surface area contributed by atoms with Gasteiger partial charge in [-0.15, -0.1) is 0 Å². The van der Waals surface area contributed by atoms with Gasteiger partial charge in [-0.25, -0.2) is 8.42 Å². The largest absolute Gasteiger partial charge is 0.497 e. The molecule has 1 saturated heterocycles. The van der Waals surface area contributed by atoms with Crippen LogP contribution in [-0.4, -0.2) is 43.4 Å². The van der Waals surface area contributed by atoms with Gasteiger partial charge in [0.05, 0.1) is 12.0 Å². The van der Waals surface area contributed by atoms with Crippen molar-refractivity contribution in [2.45, 2.75) is 43.7 Å². The predicted molar refractivity (Wildman–Crippen MR) is 124 cm³/mol. The molecule has 8 heteroatoms. The maximum absolute atomic E-state index is 13.0. The fourth-order valence-corrected chi connectivity index (χ4v) is 5.65. The summed E-state index contributed by atoms with van der Waals surface area (Å²) >= 11 is 0. The summed E-state index contributed by atoms with van der Waals surface area (Å²) in [6.45, 7) is 3.41. The van der Waals surface area contributed by atoms with Crippen LogP contribution in [0, 0.1) is 0 Å². The number of sulfonamides is 1. The third-order valence-electron chi connectivity index (χ3n) is 6.07. The molecule has 7 nitrogen and oxygen atoms in total. The number of nitrogens with one attached hydrogen (secondary N) is 1. The standard InChI is InChI=1S/C24H29N3O4S/c1-18(24(28)25-17-19-6-8-21(31-2)9-7-19)27-15-12-20-16-22(10-11-23(20)27)32(29,30)26-13-4-3-5-14-26/h6-12,15-16,18H,3-5,13-14,17H2,1-2H3,(H,25,28). The second-order valence-electron chi connectivity index (χ2n) is 8.15. The van der Waals surface area contributed by atoms with E-state index in [2.05, 4.69) is 5.32 Å².